The van der Waals surface area contributed by atoms with Crippen molar-refractivity contribution < 1.29 is 23.9 Å². The molecule has 2 amide bonds. The number of ether oxygens (including phenoxy) is 2. The topological polar surface area (TPSA) is 84.9 Å². The van der Waals surface area contributed by atoms with Gasteiger partial charge in [-0.1, -0.05) is 12.1 Å². The number of ketones is 1. The number of carbonyl (C=O) groups is 3. The van der Waals surface area contributed by atoms with Crippen molar-refractivity contribution >= 4 is 23.3 Å². The minimum atomic E-state index is -0.345. The molecule has 0 aliphatic carbocycles. The molecule has 0 saturated heterocycles. The molecule has 2 aromatic rings. The number of hydrogen-bond donors (Lipinski definition) is 1. The summed E-state index contributed by atoms with van der Waals surface area (Å²) in [6.07, 6.45) is 3.28. The van der Waals surface area contributed by atoms with Crippen LogP contribution < -0.4 is 14.8 Å². The van der Waals surface area contributed by atoms with E-state index in [1.54, 1.807) is 30.3 Å². The summed E-state index contributed by atoms with van der Waals surface area (Å²) in [6.45, 7) is 1.99. The zero-order chi connectivity index (χ0) is 21.4. The standard InChI is InChI=1S/C24H22N2O5/c27-16(7-9-26-23(28)17-4-1-2-5-18(17)24(26)29)13-20-19-14-22-21(30-10-3-11-31-22)12-15(19)6-8-25-20/h1-2,4-5,12-14,25H,3,6-11H2/b20-13-. The fraction of sp³-hybridized carbons (Fsp3) is 0.292. The summed E-state index contributed by atoms with van der Waals surface area (Å²) in [5.74, 6) is 0.585. The fourth-order valence-electron chi connectivity index (χ4n) is 4.16. The van der Waals surface area contributed by atoms with Gasteiger partial charge >= 0.3 is 0 Å². The lowest BCUT2D eigenvalue weighted by Gasteiger charge is -2.23. The Bertz CT molecular complexity index is 1090. The Hall–Kier alpha value is -3.61. The summed E-state index contributed by atoms with van der Waals surface area (Å²) >= 11 is 0. The second-order valence-corrected chi connectivity index (χ2v) is 7.77. The van der Waals surface area contributed by atoms with Crippen LogP contribution in [0.1, 0.15) is 44.7 Å². The maximum Gasteiger partial charge on any atom is 0.261 e. The van der Waals surface area contributed by atoms with Crippen LogP contribution in [-0.4, -0.2) is 48.8 Å². The normalized spacial score (nSPS) is 18.3. The van der Waals surface area contributed by atoms with Gasteiger partial charge in [-0.2, -0.15) is 0 Å². The van der Waals surface area contributed by atoms with Crippen LogP contribution in [0.15, 0.2) is 42.5 Å². The number of amides is 2. The molecule has 0 bridgehead atoms. The Kier molecular flexibility index (Phi) is 4.94. The molecule has 3 heterocycles. The number of benzene rings is 2. The molecule has 5 rings (SSSR count). The van der Waals surface area contributed by atoms with Gasteiger partial charge in [-0.25, -0.2) is 0 Å². The monoisotopic (exact) mass is 418 g/mol. The Morgan fingerprint density at radius 1 is 1.00 bits per heavy atom. The maximum absolute atomic E-state index is 12.7. The molecule has 0 radical (unpaired) electrons. The molecule has 1 N–H and O–H groups in total. The summed E-state index contributed by atoms with van der Waals surface area (Å²) in [6, 6.07) is 10.6. The van der Waals surface area contributed by atoms with Crippen LogP contribution in [0.4, 0.5) is 0 Å². The van der Waals surface area contributed by atoms with Gasteiger partial charge in [-0.05, 0) is 36.2 Å². The fourth-order valence-corrected chi connectivity index (χ4v) is 4.16. The van der Waals surface area contributed by atoms with Crippen molar-refractivity contribution in [3.8, 4) is 11.5 Å². The number of fused-ring (bicyclic) bond motifs is 3. The van der Waals surface area contributed by atoms with Gasteiger partial charge < -0.3 is 14.8 Å². The predicted octanol–water partition coefficient (Wildman–Crippen LogP) is 2.59. The molecule has 3 aliphatic heterocycles. The lowest BCUT2D eigenvalue weighted by Crippen LogP contribution is -2.32. The third-order valence-electron chi connectivity index (χ3n) is 5.74. The van der Waals surface area contributed by atoms with E-state index in [4.69, 9.17) is 9.47 Å². The molecule has 7 heteroatoms. The molecule has 3 aliphatic rings. The molecule has 0 saturated carbocycles. The predicted molar refractivity (Wildman–Crippen MR) is 113 cm³/mol. The van der Waals surface area contributed by atoms with Crippen molar-refractivity contribution in [1.29, 1.82) is 0 Å². The van der Waals surface area contributed by atoms with E-state index in [2.05, 4.69) is 5.32 Å². The zero-order valence-corrected chi connectivity index (χ0v) is 17.0. The molecular weight excluding hydrogens is 396 g/mol. The van der Waals surface area contributed by atoms with Gasteiger partial charge in [0.2, 0.25) is 0 Å². The Balaban J connectivity index is 1.32. The lowest BCUT2D eigenvalue weighted by molar-refractivity contribution is -0.114. The van der Waals surface area contributed by atoms with Crippen molar-refractivity contribution in [3.63, 3.8) is 0 Å². The van der Waals surface area contributed by atoms with Crippen molar-refractivity contribution in [1.82, 2.24) is 10.2 Å². The number of hydrogen-bond acceptors (Lipinski definition) is 6. The van der Waals surface area contributed by atoms with E-state index in [0.717, 1.165) is 40.3 Å². The first-order valence-electron chi connectivity index (χ1n) is 10.5. The van der Waals surface area contributed by atoms with Gasteiger partial charge in [0.1, 0.15) is 0 Å². The number of carbonyl (C=O) groups excluding carboxylic acids is 3. The Morgan fingerprint density at radius 2 is 1.68 bits per heavy atom. The smallest absolute Gasteiger partial charge is 0.261 e. The third-order valence-corrected chi connectivity index (χ3v) is 5.74. The second kappa shape index (κ2) is 7.91. The van der Waals surface area contributed by atoms with Crippen molar-refractivity contribution in [3.05, 3.63) is 64.7 Å². The zero-order valence-electron chi connectivity index (χ0n) is 17.0. The number of nitrogens with zero attached hydrogens (tertiary/aromatic N) is 1. The van der Waals surface area contributed by atoms with Crippen LogP contribution in [-0.2, 0) is 11.2 Å². The highest BCUT2D eigenvalue weighted by atomic mass is 16.5. The van der Waals surface area contributed by atoms with Crippen LogP contribution in [0.2, 0.25) is 0 Å². The van der Waals surface area contributed by atoms with Crippen LogP contribution >= 0.6 is 0 Å². The number of rotatable bonds is 4. The lowest BCUT2D eigenvalue weighted by atomic mass is 9.96. The first-order valence-corrected chi connectivity index (χ1v) is 10.5. The summed E-state index contributed by atoms with van der Waals surface area (Å²) in [5.41, 5.74) is 3.53. The third kappa shape index (κ3) is 3.56. The van der Waals surface area contributed by atoms with Gasteiger partial charge in [0, 0.05) is 43.3 Å². The van der Waals surface area contributed by atoms with E-state index >= 15 is 0 Å². The summed E-state index contributed by atoms with van der Waals surface area (Å²) in [4.78, 5) is 38.8. The second-order valence-electron chi connectivity index (χ2n) is 7.77. The minimum Gasteiger partial charge on any atom is -0.490 e. The highest BCUT2D eigenvalue weighted by Gasteiger charge is 2.34. The van der Waals surface area contributed by atoms with Crippen molar-refractivity contribution in [2.75, 3.05) is 26.3 Å². The molecule has 0 aromatic heterocycles. The van der Waals surface area contributed by atoms with Crippen LogP contribution in [0, 0.1) is 0 Å². The minimum absolute atomic E-state index is 0.0585. The quantitative estimate of drug-likeness (QED) is 0.607. The highest BCUT2D eigenvalue weighted by Crippen LogP contribution is 2.36. The summed E-state index contributed by atoms with van der Waals surface area (Å²) < 4.78 is 11.6. The van der Waals surface area contributed by atoms with E-state index in [1.807, 2.05) is 12.1 Å². The average Bonchev–Trinajstić information content (AvgIpc) is 2.92. The molecule has 7 nitrogen and oxygen atoms in total. The van der Waals surface area contributed by atoms with Gasteiger partial charge in [0.25, 0.3) is 11.8 Å². The van der Waals surface area contributed by atoms with Gasteiger partial charge in [-0.15, -0.1) is 0 Å². The molecule has 0 atom stereocenters. The van der Waals surface area contributed by atoms with Gasteiger partial charge in [0.05, 0.1) is 24.3 Å². The van der Waals surface area contributed by atoms with Gasteiger partial charge in [-0.3, -0.25) is 19.3 Å². The summed E-state index contributed by atoms with van der Waals surface area (Å²) in [7, 11) is 0. The number of nitrogens with one attached hydrogen (secondary N) is 1. The molecule has 158 valence electrons. The largest absolute Gasteiger partial charge is 0.490 e. The molecule has 0 spiro atoms. The first-order chi connectivity index (χ1) is 15.1. The SMILES string of the molecule is O=C(/C=C1\NCCc2cc3c(cc21)OCCCO3)CCN1C(=O)c2ccccc2C1=O. The summed E-state index contributed by atoms with van der Waals surface area (Å²) in [5, 5.41) is 3.28. The Labute approximate surface area is 179 Å². The first kappa shape index (κ1) is 19.4. The van der Waals surface area contributed by atoms with Crippen molar-refractivity contribution in [2.45, 2.75) is 19.3 Å². The molecular formula is C24H22N2O5. The van der Waals surface area contributed by atoms with Crippen LogP contribution in [0.5, 0.6) is 11.5 Å². The molecule has 2 aromatic carbocycles. The maximum atomic E-state index is 12.7. The average molecular weight is 418 g/mol. The van der Waals surface area contributed by atoms with Crippen molar-refractivity contribution in [2.24, 2.45) is 0 Å². The molecule has 31 heavy (non-hydrogen) atoms. The van der Waals surface area contributed by atoms with E-state index in [-0.39, 0.29) is 30.6 Å². The van der Waals surface area contributed by atoms with E-state index in [9.17, 15) is 14.4 Å². The Morgan fingerprint density at radius 3 is 2.39 bits per heavy atom. The van der Waals surface area contributed by atoms with Gasteiger partial charge in [0.15, 0.2) is 17.3 Å². The van der Waals surface area contributed by atoms with E-state index in [1.165, 1.54) is 0 Å². The molecule has 0 fully saturated rings. The number of allylic oxidation sites excluding steroid dienone is 1. The number of imide groups is 1. The highest BCUT2D eigenvalue weighted by molar-refractivity contribution is 6.21. The molecule has 0 unspecified atom stereocenters. The van der Waals surface area contributed by atoms with E-state index in [0.29, 0.717) is 36.6 Å². The van der Waals surface area contributed by atoms with Crippen LogP contribution in [0.25, 0.3) is 5.70 Å². The van der Waals surface area contributed by atoms with Crippen LogP contribution in [0.3, 0.4) is 0 Å². The van der Waals surface area contributed by atoms with E-state index < -0.39 is 0 Å².